The van der Waals surface area contributed by atoms with Crippen molar-refractivity contribution in [3.63, 3.8) is 0 Å². The molecule has 0 unspecified atom stereocenters. The van der Waals surface area contributed by atoms with Gasteiger partial charge in [0.2, 0.25) is 0 Å². The SMILES string of the molecule is C=NCn1cccn1.CC.CN/C(O)=C(\C)C(=O)NC(C)C.c1ccncc1. The van der Waals surface area contributed by atoms with Gasteiger partial charge in [-0.15, -0.1) is 0 Å². The van der Waals surface area contributed by atoms with E-state index in [0.29, 0.717) is 12.2 Å². The maximum absolute atomic E-state index is 11.2. The summed E-state index contributed by atoms with van der Waals surface area (Å²) in [4.78, 5) is 18.6. The molecule has 0 aliphatic carbocycles. The van der Waals surface area contributed by atoms with Crippen LogP contribution in [0.2, 0.25) is 0 Å². The van der Waals surface area contributed by atoms with E-state index < -0.39 is 0 Å². The number of carbonyl (C=O) groups excluding carboxylic acids is 1. The van der Waals surface area contributed by atoms with E-state index in [4.69, 9.17) is 5.11 Å². The summed E-state index contributed by atoms with van der Waals surface area (Å²) in [5.74, 6) is -0.343. The first-order valence-corrected chi connectivity index (χ1v) is 9.05. The lowest BCUT2D eigenvalue weighted by molar-refractivity contribution is -0.118. The molecular weight excluding hydrogens is 356 g/mol. The van der Waals surface area contributed by atoms with Crippen molar-refractivity contribution in [2.45, 2.75) is 47.3 Å². The van der Waals surface area contributed by atoms with Crippen LogP contribution in [0.15, 0.2) is 65.5 Å². The van der Waals surface area contributed by atoms with Gasteiger partial charge in [0.1, 0.15) is 6.67 Å². The highest BCUT2D eigenvalue weighted by Crippen LogP contribution is 1.97. The summed E-state index contributed by atoms with van der Waals surface area (Å²) in [5.41, 5.74) is 0.297. The van der Waals surface area contributed by atoms with Crippen molar-refractivity contribution >= 4 is 12.6 Å². The van der Waals surface area contributed by atoms with Crippen molar-refractivity contribution in [2.24, 2.45) is 4.99 Å². The Morgan fingerprint density at radius 1 is 1.18 bits per heavy atom. The Bertz CT molecular complexity index is 613. The number of aliphatic hydroxyl groups is 1. The average molecular weight is 391 g/mol. The first kappa shape index (κ1) is 27.1. The first-order valence-electron chi connectivity index (χ1n) is 9.05. The van der Waals surface area contributed by atoms with Gasteiger partial charge in [-0.25, -0.2) is 0 Å². The van der Waals surface area contributed by atoms with Crippen LogP contribution in [0.5, 0.6) is 0 Å². The summed E-state index contributed by atoms with van der Waals surface area (Å²) in [5, 5.41) is 18.2. The summed E-state index contributed by atoms with van der Waals surface area (Å²) in [7, 11) is 1.56. The van der Waals surface area contributed by atoms with Crippen LogP contribution >= 0.6 is 0 Å². The Hall–Kier alpha value is -3.16. The topological polar surface area (TPSA) is 104 Å². The van der Waals surface area contributed by atoms with Crippen LogP contribution in [0, 0.1) is 0 Å². The van der Waals surface area contributed by atoms with Crippen LogP contribution in [0.4, 0.5) is 0 Å². The zero-order valence-corrected chi connectivity index (χ0v) is 17.8. The maximum atomic E-state index is 11.2. The van der Waals surface area contributed by atoms with Crippen molar-refractivity contribution in [2.75, 3.05) is 7.05 Å². The molecular formula is C20H34N6O2. The Kier molecular flexibility index (Phi) is 18.0. The molecule has 0 aromatic carbocycles. The molecule has 0 radical (unpaired) electrons. The second kappa shape index (κ2) is 18.6. The minimum atomic E-state index is -0.253. The molecule has 28 heavy (non-hydrogen) atoms. The fourth-order valence-electron chi connectivity index (χ4n) is 1.46. The zero-order valence-electron chi connectivity index (χ0n) is 17.8. The lowest BCUT2D eigenvalue weighted by Crippen LogP contribution is -2.32. The van der Waals surface area contributed by atoms with E-state index in [0.717, 1.165) is 0 Å². The van der Waals surface area contributed by atoms with Gasteiger partial charge in [-0.1, -0.05) is 19.9 Å². The molecule has 0 aliphatic rings. The van der Waals surface area contributed by atoms with Crippen molar-refractivity contribution in [1.82, 2.24) is 25.4 Å². The number of aromatic nitrogens is 3. The minimum absolute atomic E-state index is 0.0807. The number of rotatable bonds is 5. The fourth-order valence-corrected chi connectivity index (χ4v) is 1.46. The predicted octanol–water partition coefficient (Wildman–Crippen LogP) is 3.17. The average Bonchev–Trinajstić information content (AvgIpc) is 3.23. The van der Waals surface area contributed by atoms with Gasteiger partial charge < -0.3 is 15.7 Å². The largest absolute Gasteiger partial charge is 0.494 e. The van der Waals surface area contributed by atoms with Crippen LogP contribution in [-0.2, 0) is 11.5 Å². The number of nitrogens with zero attached hydrogens (tertiary/aromatic N) is 4. The van der Waals surface area contributed by atoms with Crippen molar-refractivity contribution in [1.29, 1.82) is 0 Å². The molecule has 2 rings (SSSR count). The Labute approximate surface area is 168 Å². The molecule has 2 aromatic rings. The number of hydrogen-bond donors (Lipinski definition) is 3. The van der Waals surface area contributed by atoms with Gasteiger partial charge >= 0.3 is 0 Å². The number of pyridine rings is 1. The lowest BCUT2D eigenvalue weighted by Gasteiger charge is -2.09. The van der Waals surface area contributed by atoms with Gasteiger partial charge in [-0.05, 0) is 45.7 Å². The third-order valence-electron chi connectivity index (χ3n) is 2.72. The minimum Gasteiger partial charge on any atom is -0.494 e. The quantitative estimate of drug-likeness (QED) is 0.413. The maximum Gasteiger partial charge on any atom is 0.252 e. The van der Waals surface area contributed by atoms with Gasteiger partial charge in [0.25, 0.3) is 5.91 Å². The number of nitrogens with one attached hydrogen (secondary N) is 2. The molecule has 0 saturated carbocycles. The van der Waals surface area contributed by atoms with Gasteiger partial charge in [0.05, 0.1) is 5.57 Å². The highest BCUT2D eigenvalue weighted by molar-refractivity contribution is 5.93. The van der Waals surface area contributed by atoms with Crippen LogP contribution in [0.25, 0.3) is 0 Å². The van der Waals surface area contributed by atoms with Crippen molar-refractivity contribution < 1.29 is 9.90 Å². The molecule has 0 spiro atoms. The smallest absolute Gasteiger partial charge is 0.252 e. The zero-order chi connectivity index (χ0) is 21.8. The number of amides is 1. The number of hydrogen-bond acceptors (Lipinski definition) is 6. The normalized spacial score (nSPS) is 9.82. The molecule has 156 valence electrons. The third kappa shape index (κ3) is 15.1. The number of aliphatic imine (C=N–C) groups is 1. The van der Waals surface area contributed by atoms with E-state index in [1.807, 2.05) is 58.2 Å². The summed E-state index contributed by atoms with van der Waals surface area (Å²) >= 11 is 0. The predicted molar refractivity (Wildman–Crippen MR) is 115 cm³/mol. The highest BCUT2D eigenvalue weighted by Gasteiger charge is 2.09. The van der Waals surface area contributed by atoms with E-state index in [1.54, 1.807) is 37.2 Å². The Morgan fingerprint density at radius 2 is 1.79 bits per heavy atom. The molecule has 0 aliphatic heterocycles. The van der Waals surface area contributed by atoms with Gasteiger partial charge in [-0.3, -0.25) is 19.5 Å². The second-order valence-electron chi connectivity index (χ2n) is 5.29. The highest BCUT2D eigenvalue weighted by atomic mass is 16.3. The fraction of sp³-hybridized carbons (Fsp3) is 0.400. The molecule has 0 saturated heterocycles. The summed E-state index contributed by atoms with van der Waals surface area (Å²) in [6.45, 7) is 13.2. The van der Waals surface area contributed by atoms with Crippen LogP contribution in [0.1, 0.15) is 34.6 Å². The molecule has 2 aromatic heterocycles. The molecule has 2 heterocycles. The van der Waals surface area contributed by atoms with Crippen LogP contribution in [-0.4, -0.2) is 45.6 Å². The number of aliphatic hydroxyl groups excluding tert-OH is 1. The standard InChI is InChI=1S/C8H16N2O2.C5H7N3.C5H5N.C2H6/c1-5(2)10-8(12)6(3)7(11)9-4;1-6-5-8-4-2-3-7-8;1-2-4-6-5-3-1;1-2/h5,9,11H,1-4H3,(H,10,12);2-4H,1,5H2;1-5H;1-2H3/b7-6-;;;. The van der Waals surface area contributed by atoms with E-state index >= 15 is 0 Å². The molecule has 1 amide bonds. The van der Waals surface area contributed by atoms with E-state index in [9.17, 15) is 4.79 Å². The Balaban J connectivity index is 0. The van der Waals surface area contributed by atoms with Crippen LogP contribution in [0.3, 0.4) is 0 Å². The van der Waals surface area contributed by atoms with Gasteiger partial charge in [-0.2, -0.15) is 5.10 Å². The molecule has 8 heteroatoms. The molecule has 0 atom stereocenters. The van der Waals surface area contributed by atoms with Crippen LogP contribution < -0.4 is 10.6 Å². The third-order valence-corrected chi connectivity index (χ3v) is 2.72. The molecule has 3 N–H and O–H groups in total. The monoisotopic (exact) mass is 390 g/mol. The van der Waals surface area contributed by atoms with E-state index in [2.05, 4.69) is 32.4 Å². The van der Waals surface area contributed by atoms with E-state index in [-0.39, 0.29) is 17.8 Å². The van der Waals surface area contributed by atoms with Gasteiger partial charge in [0.15, 0.2) is 5.88 Å². The number of carbonyl (C=O) groups is 1. The van der Waals surface area contributed by atoms with Crippen molar-refractivity contribution in [3.8, 4) is 0 Å². The molecule has 0 bridgehead atoms. The van der Waals surface area contributed by atoms with Gasteiger partial charge in [0, 0.05) is 37.9 Å². The molecule has 0 fully saturated rings. The summed E-state index contributed by atoms with van der Waals surface area (Å²) < 4.78 is 1.70. The summed E-state index contributed by atoms with van der Waals surface area (Å²) in [6, 6.07) is 7.65. The van der Waals surface area contributed by atoms with Crippen molar-refractivity contribution in [3.05, 3.63) is 60.5 Å². The Morgan fingerprint density at radius 3 is 2.11 bits per heavy atom. The first-order chi connectivity index (χ1) is 13.4. The lowest BCUT2D eigenvalue weighted by atomic mass is 10.2. The molecule has 8 nitrogen and oxygen atoms in total. The second-order valence-corrected chi connectivity index (χ2v) is 5.29. The summed E-state index contributed by atoms with van der Waals surface area (Å²) in [6.07, 6.45) is 7.06. The van der Waals surface area contributed by atoms with E-state index in [1.165, 1.54) is 0 Å².